The van der Waals surface area contributed by atoms with Gasteiger partial charge in [-0.3, -0.25) is 9.59 Å². The highest BCUT2D eigenvalue weighted by Crippen LogP contribution is 2.20. The number of hydrazone groups is 1. The smallest absolute Gasteiger partial charge is 0.249 e. The Morgan fingerprint density at radius 2 is 1.81 bits per heavy atom. The quantitative estimate of drug-likeness (QED) is 0.452. The molecular formula is C20H22ClN3O2. The molecule has 26 heavy (non-hydrogen) atoms. The van der Waals surface area contributed by atoms with Gasteiger partial charge < -0.3 is 5.32 Å². The predicted octanol–water partition coefficient (Wildman–Crippen LogP) is 4.25. The van der Waals surface area contributed by atoms with Gasteiger partial charge in [0.25, 0.3) is 0 Å². The molecule has 2 amide bonds. The van der Waals surface area contributed by atoms with Gasteiger partial charge in [-0.15, -0.1) is 0 Å². The van der Waals surface area contributed by atoms with Gasteiger partial charge in [-0.05, 0) is 41.7 Å². The van der Waals surface area contributed by atoms with Crippen LogP contribution in [0.5, 0.6) is 0 Å². The Bertz CT molecular complexity index is 814. The number of amides is 2. The molecule has 6 heteroatoms. The van der Waals surface area contributed by atoms with Gasteiger partial charge in [0.1, 0.15) is 6.42 Å². The van der Waals surface area contributed by atoms with Crippen molar-refractivity contribution in [2.24, 2.45) is 5.10 Å². The molecule has 0 atom stereocenters. The summed E-state index contributed by atoms with van der Waals surface area (Å²) in [7, 11) is 0. The lowest BCUT2D eigenvalue weighted by Gasteiger charge is -2.06. The minimum Gasteiger partial charge on any atom is -0.326 e. The molecule has 0 fully saturated rings. The maximum Gasteiger partial charge on any atom is 0.249 e. The Balaban J connectivity index is 1.82. The number of carbonyl (C=O) groups is 2. The van der Waals surface area contributed by atoms with Gasteiger partial charge in [0.05, 0.1) is 6.21 Å². The minimum absolute atomic E-state index is 0.324. The zero-order valence-electron chi connectivity index (χ0n) is 15.0. The van der Waals surface area contributed by atoms with E-state index in [2.05, 4.69) is 29.7 Å². The van der Waals surface area contributed by atoms with Crippen LogP contribution in [0.15, 0.2) is 47.6 Å². The van der Waals surface area contributed by atoms with E-state index in [-0.39, 0.29) is 6.42 Å². The number of aryl methyl sites for hydroxylation is 1. The van der Waals surface area contributed by atoms with Gasteiger partial charge in [-0.25, -0.2) is 5.43 Å². The van der Waals surface area contributed by atoms with Crippen molar-refractivity contribution in [1.29, 1.82) is 0 Å². The number of nitrogens with zero attached hydrogens (tertiary/aromatic N) is 1. The maximum atomic E-state index is 11.9. The van der Waals surface area contributed by atoms with Gasteiger partial charge in [0.15, 0.2) is 0 Å². The van der Waals surface area contributed by atoms with Gasteiger partial charge in [-0.2, -0.15) is 5.10 Å². The Hall–Kier alpha value is -2.66. The van der Waals surface area contributed by atoms with E-state index in [0.717, 1.165) is 11.1 Å². The highest BCUT2D eigenvalue weighted by molar-refractivity contribution is 6.31. The zero-order chi connectivity index (χ0) is 19.1. The van der Waals surface area contributed by atoms with Crippen molar-refractivity contribution in [2.75, 3.05) is 5.32 Å². The number of anilines is 1. The first kappa shape index (κ1) is 19.7. The second kappa shape index (κ2) is 9.15. The molecule has 136 valence electrons. The zero-order valence-corrected chi connectivity index (χ0v) is 15.8. The van der Waals surface area contributed by atoms with Crippen LogP contribution in [0.3, 0.4) is 0 Å². The van der Waals surface area contributed by atoms with Crippen LogP contribution in [-0.4, -0.2) is 18.0 Å². The average molecular weight is 372 g/mol. The molecule has 0 radical (unpaired) electrons. The van der Waals surface area contributed by atoms with Crippen LogP contribution >= 0.6 is 11.6 Å². The van der Waals surface area contributed by atoms with Gasteiger partial charge in [0, 0.05) is 10.7 Å². The molecule has 0 spiro atoms. The largest absolute Gasteiger partial charge is 0.326 e. The molecule has 0 aliphatic heterocycles. The predicted molar refractivity (Wildman–Crippen MR) is 106 cm³/mol. The number of hydrogen-bond acceptors (Lipinski definition) is 3. The van der Waals surface area contributed by atoms with Gasteiger partial charge in [0.2, 0.25) is 11.8 Å². The molecule has 2 aromatic carbocycles. The lowest BCUT2D eigenvalue weighted by Crippen LogP contribution is -2.24. The fourth-order valence-corrected chi connectivity index (χ4v) is 2.39. The number of nitrogens with one attached hydrogen (secondary N) is 2. The van der Waals surface area contributed by atoms with E-state index in [4.69, 9.17) is 11.6 Å². The number of rotatable bonds is 6. The van der Waals surface area contributed by atoms with Crippen molar-refractivity contribution < 1.29 is 9.59 Å². The third-order valence-electron chi connectivity index (χ3n) is 3.78. The average Bonchev–Trinajstić information content (AvgIpc) is 2.58. The summed E-state index contributed by atoms with van der Waals surface area (Å²) < 4.78 is 0. The summed E-state index contributed by atoms with van der Waals surface area (Å²) in [4.78, 5) is 23.7. The number of benzene rings is 2. The molecule has 5 nitrogen and oxygen atoms in total. The molecule has 0 heterocycles. The lowest BCUT2D eigenvalue weighted by atomic mass is 10.0. The highest BCUT2D eigenvalue weighted by atomic mass is 35.5. The highest BCUT2D eigenvalue weighted by Gasteiger charge is 2.09. The number of halogens is 1. The van der Waals surface area contributed by atoms with Crippen LogP contribution in [0.1, 0.15) is 42.9 Å². The molecule has 0 bridgehead atoms. The first-order chi connectivity index (χ1) is 12.3. The Labute approximate surface area is 158 Å². The van der Waals surface area contributed by atoms with Crippen molar-refractivity contribution >= 4 is 35.3 Å². The van der Waals surface area contributed by atoms with E-state index < -0.39 is 11.8 Å². The first-order valence-corrected chi connectivity index (χ1v) is 8.71. The molecular weight excluding hydrogens is 350 g/mol. The van der Waals surface area contributed by atoms with Crippen LogP contribution in [0, 0.1) is 6.92 Å². The Morgan fingerprint density at radius 1 is 1.12 bits per heavy atom. The molecule has 0 saturated heterocycles. The molecule has 0 aliphatic carbocycles. The summed E-state index contributed by atoms with van der Waals surface area (Å²) in [6.07, 6.45) is 1.22. The summed E-state index contributed by atoms with van der Waals surface area (Å²) >= 11 is 6.01. The molecule has 0 aliphatic rings. The van der Waals surface area contributed by atoms with Crippen molar-refractivity contribution in [3.8, 4) is 0 Å². The van der Waals surface area contributed by atoms with Crippen molar-refractivity contribution in [3.05, 3.63) is 64.2 Å². The van der Waals surface area contributed by atoms with Crippen molar-refractivity contribution in [2.45, 2.75) is 33.1 Å². The molecule has 2 rings (SSSR count). The van der Waals surface area contributed by atoms with E-state index in [1.54, 1.807) is 24.4 Å². The van der Waals surface area contributed by atoms with Crippen LogP contribution in [0.2, 0.25) is 5.02 Å². The monoisotopic (exact) mass is 371 g/mol. The molecule has 0 aromatic heterocycles. The normalized spacial score (nSPS) is 11.0. The molecule has 0 unspecified atom stereocenters. The third-order valence-corrected chi connectivity index (χ3v) is 4.19. The van der Waals surface area contributed by atoms with Crippen LogP contribution in [0.25, 0.3) is 0 Å². The van der Waals surface area contributed by atoms with Gasteiger partial charge >= 0.3 is 0 Å². The van der Waals surface area contributed by atoms with Gasteiger partial charge in [-0.1, -0.05) is 55.8 Å². The first-order valence-electron chi connectivity index (χ1n) is 8.33. The second-order valence-corrected chi connectivity index (χ2v) is 6.71. The SMILES string of the molecule is Cc1ccc(NC(=O)CC(=O)NN=Cc2ccc(C(C)C)cc2)cc1Cl. The van der Waals surface area contributed by atoms with Crippen LogP contribution in [0.4, 0.5) is 5.69 Å². The Kier molecular flexibility index (Phi) is 6.92. The summed E-state index contributed by atoms with van der Waals surface area (Å²) in [6, 6.07) is 13.1. The summed E-state index contributed by atoms with van der Waals surface area (Å²) in [5.74, 6) is -0.461. The van der Waals surface area contributed by atoms with Crippen LogP contribution in [-0.2, 0) is 9.59 Å². The minimum atomic E-state index is -0.490. The maximum absolute atomic E-state index is 11.9. The lowest BCUT2D eigenvalue weighted by molar-refractivity contribution is -0.126. The van der Waals surface area contributed by atoms with E-state index in [9.17, 15) is 9.59 Å². The van der Waals surface area contributed by atoms with E-state index in [1.165, 1.54) is 5.56 Å². The van der Waals surface area contributed by atoms with Crippen molar-refractivity contribution in [1.82, 2.24) is 5.43 Å². The molecule has 2 aromatic rings. The fraction of sp³-hybridized carbons (Fsp3) is 0.250. The fourth-order valence-electron chi connectivity index (χ4n) is 2.21. The van der Waals surface area contributed by atoms with E-state index in [0.29, 0.717) is 16.6 Å². The molecule has 0 saturated carbocycles. The summed E-state index contributed by atoms with van der Waals surface area (Å²) in [5, 5.41) is 7.06. The summed E-state index contributed by atoms with van der Waals surface area (Å²) in [5.41, 5.74) is 5.92. The standard InChI is InChI=1S/C20H22ClN3O2/c1-13(2)16-7-5-15(6-8-16)12-22-24-20(26)11-19(25)23-17-9-4-14(3)18(21)10-17/h4-10,12-13H,11H2,1-3H3,(H,23,25)(H,24,26). The topological polar surface area (TPSA) is 70.6 Å². The number of hydrogen-bond donors (Lipinski definition) is 2. The Morgan fingerprint density at radius 3 is 2.42 bits per heavy atom. The van der Waals surface area contributed by atoms with Crippen LogP contribution < -0.4 is 10.7 Å². The van der Waals surface area contributed by atoms with E-state index in [1.807, 2.05) is 31.2 Å². The number of carbonyl (C=O) groups excluding carboxylic acids is 2. The van der Waals surface area contributed by atoms with E-state index >= 15 is 0 Å². The summed E-state index contributed by atoms with van der Waals surface area (Å²) in [6.45, 7) is 6.12. The second-order valence-electron chi connectivity index (χ2n) is 6.30. The molecule has 2 N–H and O–H groups in total. The third kappa shape index (κ3) is 6.01. The van der Waals surface area contributed by atoms with Crippen molar-refractivity contribution in [3.63, 3.8) is 0 Å².